The number of rotatable bonds is 5. The molecule has 2 N–H and O–H groups in total. The highest BCUT2D eigenvalue weighted by Gasteiger charge is 2.36. The fraction of sp³-hybridized carbons (Fsp3) is 0.412. The number of nitrogens with zero attached hydrogens (tertiary/aromatic N) is 2. The van der Waals surface area contributed by atoms with Gasteiger partial charge in [-0.25, -0.2) is 0 Å². The summed E-state index contributed by atoms with van der Waals surface area (Å²) in [5, 5.41) is 9.37. The predicted octanol–water partition coefficient (Wildman–Crippen LogP) is 1.07. The van der Waals surface area contributed by atoms with Gasteiger partial charge in [-0.05, 0) is 5.56 Å². The highest BCUT2D eigenvalue weighted by atomic mass is 16.5. The number of ether oxygens (including phenoxy) is 1. The summed E-state index contributed by atoms with van der Waals surface area (Å²) in [4.78, 5) is 28.4. The van der Waals surface area contributed by atoms with Crippen molar-refractivity contribution < 1.29 is 18.8 Å². The number of amides is 2. The average Bonchev–Trinajstić information content (AvgIpc) is 3.10. The molecule has 3 rings (SSSR count). The molecule has 132 valence electrons. The summed E-state index contributed by atoms with van der Waals surface area (Å²) in [5.74, 6) is 0.444. The van der Waals surface area contributed by atoms with E-state index in [0.717, 1.165) is 5.56 Å². The molecule has 0 spiro atoms. The molecule has 8 heteroatoms. The monoisotopic (exact) mass is 344 g/mol. The second kappa shape index (κ2) is 7.43. The highest BCUT2D eigenvalue weighted by molar-refractivity contribution is 5.86. The molecule has 2 atom stereocenters. The maximum absolute atomic E-state index is 12.5. The summed E-state index contributed by atoms with van der Waals surface area (Å²) in [6, 6.07) is 8.70. The Labute approximate surface area is 144 Å². The molecule has 2 heterocycles. The summed E-state index contributed by atoms with van der Waals surface area (Å²) >= 11 is 0. The smallest absolute Gasteiger partial charge is 0.252 e. The summed E-state index contributed by atoms with van der Waals surface area (Å²) in [5.41, 5.74) is 0.803. The first-order valence-electron chi connectivity index (χ1n) is 8.10. The third kappa shape index (κ3) is 4.03. The van der Waals surface area contributed by atoms with Crippen molar-refractivity contribution in [2.75, 3.05) is 6.61 Å². The molecule has 0 radical (unpaired) electrons. The van der Waals surface area contributed by atoms with E-state index < -0.39 is 12.1 Å². The average molecular weight is 344 g/mol. The molecule has 1 aromatic heterocycles. The van der Waals surface area contributed by atoms with E-state index >= 15 is 0 Å². The van der Waals surface area contributed by atoms with E-state index in [-0.39, 0.29) is 30.9 Å². The van der Waals surface area contributed by atoms with Crippen LogP contribution in [0.4, 0.5) is 0 Å². The number of morpholine rings is 1. The number of hydrogen-bond donors (Lipinski definition) is 2. The van der Waals surface area contributed by atoms with Gasteiger partial charge < -0.3 is 19.9 Å². The van der Waals surface area contributed by atoms with Crippen LogP contribution in [0.15, 0.2) is 34.9 Å². The van der Waals surface area contributed by atoms with Crippen molar-refractivity contribution in [1.82, 2.24) is 20.8 Å². The lowest BCUT2D eigenvalue weighted by molar-refractivity contribution is -0.148. The number of benzene rings is 1. The molecule has 1 aromatic carbocycles. The van der Waals surface area contributed by atoms with Crippen LogP contribution < -0.4 is 10.6 Å². The van der Waals surface area contributed by atoms with Crippen LogP contribution in [0, 0.1) is 0 Å². The topological polar surface area (TPSA) is 106 Å². The number of nitrogens with one attached hydrogen (secondary N) is 2. The van der Waals surface area contributed by atoms with Crippen LogP contribution in [0.2, 0.25) is 0 Å². The van der Waals surface area contributed by atoms with Crippen molar-refractivity contribution in [1.29, 1.82) is 0 Å². The minimum Gasteiger partial charge on any atom is -0.356 e. The van der Waals surface area contributed by atoms with Crippen LogP contribution in [0.3, 0.4) is 0 Å². The fourth-order valence-corrected chi connectivity index (χ4v) is 2.54. The molecule has 2 amide bonds. The van der Waals surface area contributed by atoms with Gasteiger partial charge >= 0.3 is 0 Å². The fourth-order valence-electron chi connectivity index (χ4n) is 2.54. The number of carbonyl (C=O) groups excluding carboxylic acids is 2. The van der Waals surface area contributed by atoms with Gasteiger partial charge in [0.2, 0.25) is 11.8 Å². The highest BCUT2D eigenvalue weighted by Crippen LogP contribution is 2.22. The summed E-state index contributed by atoms with van der Waals surface area (Å²) in [7, 11) is 0. The third-order valence-corrected chi connectivity index (χ3v) is 3.83. The second-order valence-corrected chi connectivity index (χ2v) is 6.11. The maximum Gasteiger partial charge on any atom is 0.252 e. The molecule has 2 aromatic rings. The van der Waals surface area contributed by atoms with Gasteiger partial charge in [-0.3, -0.25) is 9.59 Å². The van der Waals surface area contributed by atoms with E-state index in [4.69, 9.17) is 9.26 Å². The van der Waals surface area contributed by atoms with E-state index in [9.17, 15) is 9.59 Å². The van der Waals surface area contributed by atoms with Crippen molar-refractivity contribution in [2.24, 2.45) is 0 Å². The number of carbonyl (C=O) groups is 2. The Balaban J connectivity index is 1.67. The first-order valence-corrected chi connectivity index (χ1v) is 8.10. The van der Waals surface area contributed by atoms with E-state index in [2.05, 4.69) is 20.8 Å². The second-order valence-electron chi connectivity index (χ2n) is 6.11. The zero-order valence-corrected chi connectivity index (χ0v) is 14.1. The predicted molar refractivity (Wildman–Crippen MR) is 87.3 cm³/mol. The third-order valence-electron chi connectivity index (χ3n) is 3.83. The SMILES string of the molecule is CC(C)c1nc(CNC(=O)[C@H]2OCC(=O)N[C@@H]2c2ccccc2)no1. The molecule has 8 nitrogen and oxygen atoms in total. The Hall–Kier alpha value is -2.74. The largest absolute Gasteiger partial charge is 0.356 e. The molecule has 0 saturated carbocycles. The molecule has 1 saturated heterocycles. The van der Waals surface area contributed by atoms with Crippen LogP contribution in [-0.4, -0.2) is 34.7 Å². The van der Waals surface area contributed by atoms with Crippen LogP contribution in [0.5, 0.6) is 0 Å². The van der Waals surface area contributed by atoms with Gasteiger partial charge in [0.25, 0.3) is 5.91 Å². The Bertz CT molecular complexity index is 744. The van der Waals surface area contributed by atoms with Gasteiger partial charge in [-0.15, -0.1) is 0 Å². The molecular formula is C17H20N4O4. The van der Waals surface area contributed by atoms with Gasteiger partial charge in [0.1, 0.15) is 6.61 Å². The lowest BCUT2D eigenvalue weighted by Gasteiger charge is -2.31. The summed E-state index contributed by atoms with van der Waals surface area (Å²) < 4.78 is 10.6. The summed E-state index contributed by atoms with van der Waals surface area (Å²) in [6.07, 6.45) is -0.823. The van der Waals surface area contributed by atoms with E-state index in [1.54, 1.807) is 0 Å². The Morgan fingerprint density at radius 2 is 2.12 bits per heavy atom. The molecule has 1 fully saturated rings. The van der Waals surface area contributed by atoms with Crippen LogP contribution in [0.25, 0.3) is 0 Å². The number of aromatic nitrogens is 2. The molecule has 0 bridgehead atoms. The van der Waals surface area contributed by atoms with Gasteiger partial charge in [0, 0.05) is 5.92 Å². The summed E-state index contributed by atoms with van der Waals surface area (Å²) in [6.45, 7) is 3.86. The van der Waals surface area contributed by atoms with Gasteiger partial charge in [-0.2, -0.15) is 4.98 Å². The quantitative estimate of drug-likeness (QED) is 0.840. The zero-order valence-electron chi connectivity index (χ0n) is 14.1. The lowest BCUT2D eigenvalue weighted by atomic mass is 9.99. The zero-order chi connectivity index (χ0) is 17.8. The van der Waals surface area contributed by atoms with Crippen LogP contribution in [-0.2, 0) is 20.9 Å². The van der Waals surface area contributed by atoms with Gasteiger partial charge in [0.15, 0.2) is 11.9 Å². The van der Waals surface area contributed by atoms with Crippen molar-refractivity contribution in [3.63, 3.8) is 0 Å². The molecule has 1 aliphatic heterocycles. The normalized spacial score (nSPS) is 20.4. The molecule has 1 aliphatic rings. The molecule has 25 heavy (non-hydrogen) atoms. The lowest BCUT2D eigenvalue weighted by Crippen LogP contribution is -2.52. The minimum absolute atomic E-state index is 0.122. The minimum atomic E-state index is -0.823. The van der Waals surface area contributed by atoms with Crippen molar-refractivity contribution in [3.8, 4) is 0 Å². The maximum atomic E-state index is 12.5. The Morgan fingerprint density at radius 1 is 1.36 bits per heavy atom. The first-order chi connectivity index (χ1) is 12.0. The van der Waals surface area contributed by atoms with E-state index in [0.29, 0.717) is 11.7 Å². The van der Waals surface area contributed by atoms with E-state index in [1.807, 2.05) is 44.2 Å². The van der Waals surface area contributed by atoms with Gasteiger partial charge in [0.05, 0.1) is 12.6 Å². The van der Waals surface area contributed by atoms with Gasteiger partial charge in [-0.1, -0.05) is 49.3 Å². The molecule has 0 unspecified atom stereocenters. The standard InChI is InChI=1S/C17H20N4O4/c1-10(2)17-19-12(21-25-17)8-18-16(23)15-14(20-13(22)9-24-15)11-6-4-3-5-7-11/h3-7,10,14-15H,8-9H2,1-2H3,(H,18,23)(H,20,22)/t14-,15+/m1/s1. The van der Waals surface area contributed by atoms with Crippen molar-refractivity contribution in [2.45, 2.75) is 38.5 Å². The Morgan fingerprint density at radius 3 is 2.80 bits per heavy atom. The number of hydrogen-bond acceptors (Lipinski definition) is 6. The Kier molecular flexibility index (Phi) is 5.08. The van der Waals surface area contributed by atoms with E-state index in [1.165, 1.54) is 0 Å². The van der Waals surface area contributed by atoms with Crippen LogP contribution >= 0.6 is 0 Å². The molecule has 0 aliphatic carbocycles. The first kappa shape index (κ1) is 17.1. The molecular weight excluding hydrogens is 324 g/mol. The van der Waals surface area contributed by atoms with Crippen LogP contribution in [0.1, 0.15) is 43.1 Å². The van der Waals surface area contributed by atoms with Crippen molar-refractivity contribution >= 4 is 11.8 Å². The van der Waals surface area contributed by atoms with Crippen molar-refractivity contribution in [3.05, 3.63) is 47.6 Å².